The van der Waals surface area contributed by atoms with Gasteiger partial charge in [0.15, 0.2) is 0 Å². The van der Waals surface area contributed by atoms with Crippen molar-refractivity contribution in [1.82, 2.24) is 4.90 Å². The maximum atomic E-state index is 5.79. The van der Waals surface area contributed by atoms with Crippen molar-refractivity contribution in [3.63, 3.8) is 0 Å². The predicted molar refractivity (Wildman–Crippen MR) is 88.8 cm³/mol. The van der Waals surface area contributed by atoms with Gasteiger partial charge in [0, 0.05) is 28.3 Å². The van der Waals surface area contributed by atoms with Gasteiger partial charge in [-0.15, -0.1) is 0 Å². The molecular formula is C14H20BrN3S. The first-order valence-electron chi connectivity index (χ1n) is 6.66. The van der Waals surface area contributed by atoms with Gasteiger partial charge in [0.2, 0.25) is 0 Å². The first kappa shape index (κ1) is 14.8. The maximum absolute atomic E-state index is 5.79. The number of halogens is 1. The van der Waals surface area contributed by atoms with Crippen LogP contribution in [-0.4, -0.2) is 35.6 Å². The molecule has 3 nitrogen and oxygen atoms in total. The number of hydrogen-bond acceptors (Lipinski definition) is 3. The second kappa shape index (κ2) is 6.68. The lowest BCUT2D eigenvalue weighted by atomic mass is 10.1. The van der Waals surface area contributed by atoms with E-state index in [0.29, 0.717) is 11.0 Å². The first-order valence-corrected chi connectivity index (χ1v) is 7.86. The van der Waals surface area contributed by atoms with E-state index in [1.54, 1.807) is 0 Å². The van der Waals surface area contributed by atoms with Crippen LogP contribution in [-0.2, 0) is 0 Å². The molecule has 0 aliphatic carbocycles. The van der Waals surface area contributed by atoms with Crippen molar-refractivity contribution < 1.29 is 0 Å². The van der Waals surface area contributed by atoms with Crippen molar-refractivity contribution in [2.45, 2.75) is 25.8 Å². The van der Waals surface area contributed by atoms with Gasteiger partial charge in [-0.05, 0) is 60.9 Å². The van der Waals surface area contributed by atoms with E-state index < -0.39 is 0 Å². The molecule has 0 aromatic heterocycles. The van der Waals surface area contributed by atoms with E-state index in [1.807, 2.05) is 18.2 Å². The minimum absolute atomic E-state index is 0.420. The van der Waals surface area contributed by atoms with Gasteiger partial charge < -0.3 is 11.1 Å². The molecule has 0 amide bonds. The zero-order valence-corrected chi connectivity index (χ0v) is 13.6. The minimum atomic E-state index is 0.420. The molecule has 0 saturated carbocycles. The van der Waals surface area contributed by atoms with Crippen LogP contribution in [0.15, 0.2) is 22.7 Å². The molecule has 104 valence electrons. The number of nitrogens with one attached hydrogen (secondary N) is 1. The molecule has 1 aliphatic heterocycles. The monoisotopic (exact) mass is 341 g/mol. The van der Waals surface area contributed by atoms with Crippen LogP contribution in [0.1, 0.15) is 25.3 Å². The molecule has 2 rings (SSSR count). The van der Waals surface area contributed by atoms with Crippen molar-refractivity contribution in [3.05, 3.63) is 28.2 Å². The van der Waals surface area contributed by atoms with Crippen LogP contribution >= 0.6 is 28.1 Å². The summed E-state index contributed by atoms with van der Waals surface area (Å²) < 4.78 is 0.943. The van der Waals surface area contributed by atoms with Gasteiger partial charge >= 0.3 is 0 Å². The lowest BCUT2D eigenvalue weighted by Crippen LogP contribution is -2.35. The van der Waals surface area contributed by atoms with Crippen molar-refractivity contribution >= 4 is 38.8 Å². The predicted octanol–water partition coefficient (Wildman–Crippen LogP) is 2.98. The number of nitrogens with zero attached hydrogens (tertiary/aromatic N) is 1. The fourth-order valence-corrected chi connectivity index (χ4v) is 3.42. The van der Waals surface area contributed by atoms with Gasteiger partial charge in [-0.1, -0.05) is 18.3 Å². The number of nitrogens with two attached hydrogens (primary N) is 1. The zero-order chi connectivity index (χ0) is 13.8. The van der Waals surface area contributed by atoms with E-state index >= 15 is 0 Å². The lowest BCUT2D eigenvalue weighted by molar-refractivity contribution is 0.269. The van der Waals surface area contributed by atoms with E-state index in [0.717, 1.165) is 22.3 Å². The Labute approximate surface area is 128 Å². The minimum Gasteiger partial charge on any atom is -0.389 e. The van der Waals surface area contributed by atoms with Crippen LogP contribution < -0.4 is 11.1 Å². The van der Waals surface area contributed by atoms with Crippen LogP contribution in [0.4, 0.5) is 5.69 Å². The summed E-state index contributed by atoms with van der Waals surface area (Å²) in [6.07, 6.45) is 2.64. The van der Waals surface area contributed by atoms with E-state index in [9.17, 15) is 0 Å². The Balaban J connectivity index is 2.02. The van der Waals surface area contributed by atoms with E-state index in [4.69, 9.17) is 18.0 Å². The molecule has 1 heterocycles. The largest absolute Gasteiger partial charge is 0.389 e. The van der Waals surface area contributed by atoms with Gasteiger partial charge in [-0.3, -0.25) is 4.90 Å². The molecule has 0 bridgehead atoms. The third kappa shape index (κ3) is 3.68. The molecular weight excluding hydrogens is 322 g/mol. The maximum Gasteiger partial charge on any atom is 0.107 e. The van der Waals surface area contributed by atoms with Crippen LogP contribution in [0.5, 0.6) is 0 Å². The standard InChI is InChI=1S/C14H20BrN3S/c1-10(18-7-2-3-8-18)9-17-12-6-4-5-11(15)13(12)14(16)19/h4-6,10,17H,2-3,7-9H2,1H3,(H2,16,19). The molecule has 3 N–H and O–H groups in total. The lowest BCUT2D eigenvalue weighted by Gasteiger charge is -2.25. The zero-order valence-electron chi connectivity index (χ0n) is 11.2. The Morgan fingerprint density at radius 3 is 2.79 bits per heavy atom. The molecule has 1 aromatic carbocycles. The van der Waals surface area contributed by atoms with Gasteiger partial charge in [-0.2, -0.15) is 0 Å². The summed E-state index contributed by atoms with van der Waals surface area (Å²) in [5.74, 6) is 0. The summed E-state index contributed by atoms with van der Waals surface area (Å²) in [5, 5.41) is 3.47. The summed E-state index contributed by atoms with van der Waals surface area (Å²) in [7, 11) is 0. The fraction of sp³-hybridized carbons (Fsp3) is 0.500. The number of likely N-dealkylation sites (tertiary alicyclic amines) is 1. The fourth-order valence-electron chi connectivity index (χ4n) is 2.49. The third-order valence-corrected chi connectivity index (χ3v) is 4.48. The Kier molecular flexibility index (Phi) is 5.19. The average molecular weight is 342 g/mol. The Morgan fingerprint density at radius 2 is 2.16 bits per heavy atom. The van der Waals surface area contributed by atoms with Gasteiger partial charge in [0.25, 0.3) is 0 Å². The number of benzene rings is 1. The number of rotatable bonds is 5. The van der Waals surface area contributed by atoms with Crippen LogP contribution in [0.3, 0.4) is 0 Å². The van der Waals surface area contributed by atoms with E-state index in [2.05, 4.69) is 33.1 Å². The second-order valence-electron chi connectivity index (χ2n) is 5.00. The van der Waals surface area contributed by atoms with Crippen LogP contribution in [0.2, 0.25) is 0 Å². The molecule has 5 heteroatoms. The Hall–Kier alpha value is -0.650. The number of hydrogen-bond donors (Lipinski definition) is 2. The molecule has 1 aliphatic rings. The van der Waals surface area contributed by atoms with Gasteiger partial charge in [-0.25, -0.2) is 0 Å². The highest BCUT2D eigenvalue weighted by Gasteiger charge is 2.18. The van der Waals surface area contributed by atoms with Crippen molar-refractivity contribution in [2.75, 3.05) is 25.0 Å². The Morgan fingerprint density at radius 1 is 1.47 bits per heavy atom. The summed E-state index contributed by atoms with van der Waals surface area (Å²) in [6, 6.07) is 6.51. The van der Waals surface area contributed by atoms with Crippen molar-refractivity contribution in [1.29, 1.82) is 0 Å². The molecule has 0 spiro atoms. The molecule has 1 fully saturated rings. The van der Waals surface area contributed by atoms with Crippen LogP contribution in [0, 0.1) is 0 Å². The normalized spacial score (nSPS) is 17.4. The molecule has 1 saturated heterocycles. The number of anilines is 1. The topological polar surface area (TPSA) is 41.3 Å². The SMILES string of the molecule is CC(CNc1cccc(Br)c1C(N)=S)N1CCCC1. The van der Waals surface area contributed by atoms with Crippen molar-refractivity contribution in [2.24, 2.45) is 5.73 Å². The van der Waals surface area contributed by atoms with Crippen LogP contribution in [0.25, 0.3) is 0 Å². The van der Waals surface area contributed by atoms with E-state index in [-0.39, 0.29) is 0 Å². The summed E-state index contributed by atoms with van der Waals surface area (Å²) >= 11 is 8.62. The smallest absolute Gasteiger partial charge is 0.107 e. The average Bonchev–Trinajstić information content (AvgIpc) is 2.89. The first-order chi connectivity index (χ1) is 9.09. The molecule has 1 atom stereocenters. The van der Waals surface area contributed by atoms with Gasteiger partial charge in [0.1, 0.15) is 4.99 Å². The summed E-state index contributed by atoms with van der Waals surface area (Å²) in [6.45, 7) is 5.59. The highest BCUT2D eigenvalue weighted by atomic mass is 79.9. The van der Waals surface area contributed by atoms with E-state index in [1.165, 1.54) is 25.9 Å². The highest BCUT2D eigenvalue weighted by molar-refractivity contribution is 9.10. The highest BCUT2D eigenvalue weighted by Crippen LogP contribution is 2.25. The molecule has 1 unspecified atom stereocenters. The molecule has 0 radical (unpaired) electrons. The third-order valence-electron chi connectivity index (χ3n) is 3.61. The van der Waals surface area contributed by atoms with Gasteiger partial charge in [0.05, 0.1) is 0 Å². The summed E-state index contributed by atoms with van der Waals surface area (Å²) in [5.41, 5.74) is 7.70. The molecule has 1 aromatic rings. The quantitative estimate of drug-likeness (QED) is 0.808. The molecule has 19 heavy (non-hydrogen) atoms. The Bertz CT molecular complexity index is 458. The second-order valence-corrected chi connectivity index (χ2v) is 6.29. The number of thiocarbonyl (C=S) groups is 1. The van der Waals surface area contributed by atoms with Crippen molar-refractivity contribution in [3.8, 4) is 0 Å². The summed E-state index contributed by atoms with van der Waals surface area (Å²) in [4.78, 5) is 2.94.